The minimum atomic E-state index is -1.40. The van der Waals surface area contributed by atoms with E-state index in [1.54, 1.807) is 97.1 Å². The number of methoxy groups -OCH3 is 2. The topological polar surface area (TPSA) is 290 Å². The SMILES string of the molecule is CC(C)(O)C(=O)c1ccccc1.CC(C)(O)C(=O)c1ccccc1.COC(OC)(C(=O)c1ccccc1)c1ccccc1.Cc1cc(C)c(C(=O)c2ccccc2)c(C)c1.Cc1ccc(C(=O)c2ccccc2)cc1.O=C(c1ccccc1)C1(O)CCCCC1.O=C(c1ccccc1)C1(O)CCCCC1.O=C(c1ccccc1)C1(O)CCCCC1.O=C(c1ccccc1)c1ccccc1.O=C(c1ccccc1)c1ccccc1. The number of rotatable bonds is 23. The summed E-state index contributed by atoms with van der Waals surface area (Å²) in [5, 5.41) is 49.5. The number of ether oxygens (including phenoxy) is 2. The van der Waals surface area contributed by atoms with E-state index in [1.165, 1.54) is 53.0 Å². The second kappa shape index (κ2) is 58.8. The third-order valence-corrected chi connectivity index (χ3v) is 25.1. The van der Waals surface area contributed by atoms with Gasteiger partial charge in [0.15, 0.2) is 52.0 Å². The fraction of sp³-hybridized carbons (Fsp3) is 0.237. The molecule has 0 amide bonds. The summed E-state index contributed by atoms with van der Waals surface area (Å²) in [5.74, 6) is -2.10. The van der Waals surface area contributed by atoms with Gasteiger partial charge in [-0.25, -0.2) is 0 Å². The molecule has 0 saturated heterocycles. The molecule has 0 aromatic heterocycles. The Balaban J connectivity index is 0.000000183. The highest BCUT2D eigenvalue weighted by Gasteiger charge is 2.43. The summed E-state index contributed by atoms with van der Waals surface area (Å²) in [7, 11) is 2.94. The van der Waals surface area contributed by atoms with E-state index < -0.39 is 33.8 Å². The van der Waals surface area contributed by atoms with Crippen LogP contribution in [0.5, 0.6) is 0 Å². The molecule has 3 aliphatic rings. The number of hydrogen-bond acceptors (Lipinski definition) is 17. The van der Waals surface area contributed by atoms with E-state index in [4.69, 9.17) is 9.47 Å². The molecule has 0 spiro atoms. The lowest BCUT2D eigenvalue weighted by atomic mass is 9.79. The average molecular weight is 1980 g/mol. The molecular formula is C131H136O17. The van der Waals surface area contributed by atoms with E-state index in [0.29, 0.717) is 77.5 Å². The number of aliphatic hydroxyl groups is 5. The van der Waals surface area contributed by atoms with Crippen molar-refractivity contribution in [3.63, 3.8) is 0 Å². The summed E-state index contributed by atoms with van der Waals surface area (Å²) in [6, 6.07) is 131. The third kappa shape index (κ3) is 35.6. The van der Waals surface area contributed by atoms with Crippen molar-refractivity contribution in [1.82, 2.24) is 0 Å². The second-order valence-corrected chi connectivity index (χ2v) is 37.6. The van der Waals surface area contributed by atoms with Crippen molar-refractivity contribution in [3.8, 4) is 0 Å². The zero-order valence-electron chi connectivity index (χ0n) is 86.2. The summed E-state index contributed by atoms with van der Waals surface area (Å²) in [5.41, 5.74) is 8.83. The quantitative estimate of drug-likeness (QED) is 0.0294. The Labute approximate surface area is 871 Å². The molecule has 3 saturated carbocycles. The lowest BCUT2D eigenvalue weighted by Gasteiger charge is -2.30. The summed E-state index contributed by atoms with van der Waals surface area (Å²) < 4.78 is 10.8. The molecule has 0 bridgehead atoms. The highest BCUT2D eigenvalue weighted by Crippen LogP contribution is 2.36. The van der Waals surface area contributed by atoms with Crippen molar-refractivity contribution in [2.45, 2.75) is 185 Å². The summed E-state index contributed by atoms with van der Waals surface area (Å²) >= 11 is 0. The molecule has 3 aliphatic carbocycles. The van der Waals surface area contributed by atoms with Gasteiger partial charge in [-0.1, -0.05) is 500 Å². The van der Waals surface area contributed by atoms with Crippen molar-refractivity contribution in [1.29, 1.82) is 0 Å². The number of benzene rings is 15. The average Bonchev–Trinajstić information content (AvgIpc) is 0.782. The summed E-state index contributed by atoms with van der Waals surface area (Å²) in [6.45, 7) is 14.0. The minimum Gasteiger partial charge on any atom is -0.382 e. The molecule has 148 heavy (non-hydrogen) atoms. The maximum absolute atomic E-state index is 12.7. The van der Waals surface area contributed by atoms with Crippen LogP contribution in [0.2, 0.25) is 0 Å². The first kappa shape index (κ1) is 116. The minimum absolute atomic E-state index is 0.0752. The molecule has 3 fully saturated rings. The van der Waals surface area contributed by atoms with Crippen LogP contribution in [0, 0.1) is 27.7 Å². The van der Waals surface area contributed by atoms with Crippen LogP contribution in [0.15, 0.2) is 431 Å². The monoisotopic (exact) mass is 1980 g/mol. The number of carbonyl (C=O) groups excluding carboxylic acids is 10. The molecule has 5 N–H and O–H groups in total. The number of hydrogen-bond donors (Lipinski definition) is 5. The normalized spacial score (nSPS) is 13.3. The van der Waals surface area contributed by atoms with Gasteiger partial charge in [-0.15, -0.1) is 0 Å². The fourth-order valence-corrected chi connectivity index (χ4v) is 17.0. The molecular weight excluding hydrogens is 1850 g/mol. The van der Waals surface area contributed by atoms with Gasteiger partial charge >= 0.3 is 0 Å². The van der Waals surface area contributed by atoms with E-state index in [2.05, 4.69) is 19.1 Å². The van der Waals surface area contributed by atoms with Crippen molar-refractivity contribution < 1.29 is 83.0 Å². The molecule has 17 heteroatoms. The van der Waals surface area contributed by atoms with Crippen molar-refractivity contribution >= 4 is 57.8 Å². The van der Waals surface area contributed by atoms with E-state index in [0.717, 1.165) is 113 Å². The van der Waals surface area contributed by atoms with Crippen molar-refractivity contribution in [2.24, 2.45) is 0 Å². The molecule has 17 nitrogen and oxygen atoms in total. The van der Waals surface area contributed by atoms with Crippen LogP contribution < -0.4 is 0 Å². The first-order chi connectivity index (χ1) is 71.1. The molecule has 0 radical (unpaired) electrons. The lowest BCUT2D eigenvalue weighted by molar-refractivity contribution is -0.176. The number of Topliss-reactive ketones (excluding diaryl/α,β-unsaturated/α-hetero) is 6. The highest BCUT2D eigenvalue weighted by atomic mass is 16.7. The molecule has 15 aromatic carbocycles. The van der Waals surface area contributed by atoms with Crippen LogP contribution >= 0.6 is 0 Å². The Bertz CT molecular complexity index is 6180. The molecule has 0 atom stereocenters. The Morgan fingerprint density at radius 2 is 0.405 bits per heavy atom. The molecule has 0 unspecified atom stereocenters. The maximum Gasteiger partial charge on any atom is 0.260 e. The van der Waals surface area contributed by atoms with E-state index in [9.17, 15) is 73.5 Å². The van der Waals surface area contributed by atoms with Gasteiger partial charge in [-0.3, -0.25) is 47.9 Å². The number of ketones is 10. The van der Waals surface area contributed by atoms with Crippen LogP contribution in [0.25, 0.3) is 0 Å². The van der Waals surface area contributed by atoms with Gasteiger partial charge in [0.1, 0.15) is 28.0 Å². The van der Waals surface area contributed by atoms with E-state index >= 15 is 0 Å². The van der Waals surface area contributed by atoms with Crippen LogP contribution in [0.3, 0.4) is 0 Å². The second-order valence-electron chi connectivity index (χ2n) is 37.6. The van der Waals surface area contributed by atoms with Crippen LogP contribution in [0.4, 0.5) is 0 Å². The standard InChI is InChI=1S/C16H16O3.C16H16O.C14H12O.3C13H16O2.2C13H10O.2C10H12O2/c1-18-16(19-2,14-11-7-4-8-12-14)15(17)13-9-5-3-6-10-13;1-11-9-12(2)15(13(3)10-11)16(17)14-7-5-4-6-8-14;1-11-7-9-13(10-8-11)14(15)12-5-3-2-4-6-12;3*14-12(11-7-3-1-4-8-11)13(15)9-5-2-6-10-13;2*14-13(11-7-3-1-4-8-11)12-9-5-2-6-10-12;2*1-10(2,12)9(11)8-6-4-3-5-7-8/h3-12H,1-2H3;4-10H,1-3H3;2-10H,1H3;3*1,3-4,7-8,15H,2,5-6,9-10H2;2*1-10H;2*3-7,12H,1-2H3. The predicted octanol–water partition coefficient (Wildman–Crippen LogP) is 26.9. The predicted molar refractivity (Wildman–Crippen MR) is 588 cm³/mol. The van der Waals surface area contributed by atoms with E-state index in [1.807, 2.05) is 342 Å². The van der Waals surface area contributed by atoms with Gasteiger partial charge in [0.2, 0.25) is 5.78 Å². The van der Waals surface area contributed by atoms with Gasteiger partial charge in [0.25, 0.3) is 5.79 Å². The molecule has 762 valence electrons. The zero-order chi connectivity index (χ0) is 107. The largest absolute Gasteiger partial charge is 0.382 e. The number of carbonyl (C=O) groups is 10. The van der Waals surface area contributed by atoms with Crippen molar-refractivity contribution in [3.05, 3.63) is 536 Å². The Kier molecular flexibility index (Phi) is 46.2. The zero-order valence-corrected chi connectivity index (χ0v) is 86.2. The van der Waals surface area contributed by atoms with Crippen LogP contribution in [-0.2, 0) is 15.3 Å². The molecule has 18 rings (SSSR count). The Hall–Kier alpha value is -15.3. The van der Waals surface area contributed by atoms with Gasteiger partial charge < -0.3 is 35.0 Å². The van der Waals surface area contributed by atoms with Gasteiger partial charge in [-0.2, -0.15) is 0 Å². The lowest BCUT2D eigenvalue weighted by Crippen LogP contribution is -2.40. The van der Waals surface area contributed by atoms with Gasteiger partial charge in [-0.05, 0) is 105 Å². The van der Waals surface area contributed by atoms with Crippen molar-refractivity contribution in [2.75, 3.05) is 14.2 Å². The van der Waals surface area contributed by atoms with Crippen LogP contribution in [-0.4, -0.2) is 126 Å². The summed E-state index contributed by atoms with van der Waals surface area (Å²) in [4.78, 5) is 120. The smallest absolute Gasteiger partial charge is 0.260 e. The first-order valence-electron chi connectivity index (χ1n) is 50.1. The molecule has 0 aliphatic heterocycles. The van der Waals surface area contributed by atoms with Gasteiger partial charge in [0.05, 0.1) is 0 Å². The fourth-order valence-electron chi connectivity index (χ4n) is 17.0. The molecule has 15 aromatic rings. The van der Waals surface area contributed by atoms with Crippen LogP contribution in [0.1, 0.15) is 278 Å². The Morgan fingerprint density at radius 1 is 0.223 bits per heavy atom. The summed E-state index contributed by atoms with van der Waals surface area (Å²) in [6.07, 6.45) is 12.8. The maximum atomic E-state index is 12.7. The van der Waals surface area contributed by atoms with Gasteiger partial charge in [0, 0.05) is 97.7 Å². The highest BCUT2D eigenvalue weighted by molar-refractivity contribution is 6.12. The first-order valence-corrected chi connectivity index (χ1v) is 50.1. The number of aryl methyl sites for hydroxylation is 4. The van der Waals surface area contributed by atoms with E-state index in [-0.39, 0.29) is 57.8 Å². The molecule has 0 heterocycles. The third-order valence-electron chi connectivity index (χ3n) is 25.1. The Morgan fingerprint density at radius 3 is 0.615 bits per heavy atom.